The Kier molecular flexibility index (Phi) is 5.05. The Bertz CT molecular complexity index is 1090. The summed E-state index contributed by atoms with van der Waals surface area (Å²) in [7, 11) is -3.79. The Hall–Kier alpha value is -2.68. The van der Waals surface area contributed by atoms with E-state index < -0.39 is 21.8 Å². The molecule has 9 heteroatoms. The topological polar surface area (TPSA) is 121 Å². The summed E-state index contributed by atoms with van der Waals surface area (Å²) in [4.78, 5) is 11.6. The third-order valence-electron chi connectivity index (χ3n) is 4.15. The van der Waals surface area contributed by atoms with Gasteiger partial charge >= 0.3 is 0 Å². The first-order valence-corrected chi connectivity index (χ1v) is 9.87. The average Bonchev–Trinajstić information content (AvgIpc) is 3.06. The van der Waals surface area contributed by atoms with Crippen molar-refractivity contribution >= 4 is 27.5 Å². The monoisotopic (exact) mass is 404 g/mol. The Morgan fingerprint density at radius 3 is 2.22 bits per heavy atom. The zero-order valence-electron chi connectivity index (χ0n) is 14.3. The van der Waals surface area contributed by atoms with Crippen molar-refractivity contribution in [3.05, 3.63) is 65.3 Å². The van der Waals surface area contributed by atoms with Gasteiger partial charge in [0, 0.05) is 10.6 Å². The number of benzene rings is 2. The molecule has 0 aliphatic heterocycles. The minimum Gasteiger partial charge on any atom is -0.369 e. The summed E-state index contributed by atoms with van der Waals surface area (Å²) in [6, 6.07) is 14.9. The van der Waals surface area contributed by atoms with Gasteiger partial charge in [-0.3, -0.25) is 4.79 Å². The number of carbonyl (C=O) groups is 1. The summed E-state index contributed by atoms with van der Waals surface area (Å²) < 4.78 is 24.5. The minimum atomic E-state index is -3.79. The molecule has 140 valence electrons. The van der Waals surface area contributed by atoms with Crippen LogP contribution in [-0.2, 0) is 14.8 Å². The number of hydrogen-bond donors (Lipinski definition) is 2. The van der Waals surface area contributed by atoms with Crippen molar-refractivity contribution in [1.29, 1.82) is 0 Å². The number of sulfonamides is 1. The molecule has 0 spiro atoms. The lowest BCUT2D eigenvalue weighted by Gasteiger charge is -2.09. The van der Waals surface area contributed by atoms with Gasteiger partial charge < -0.3 is 5.73 Å². The summed E-state index contributed by atoms with van der Waals surface area (Å²) >= 11 is 5.96. The zero-order chi connectivity index (χ0) is 19.8. The molecule has 1 amide bonds. The van der Waals surface area contributed by atoms with E-state index in [1.165, 1.54) is 12.1 Å². The zero-order valence-corrected chi connectivity index (χ0v) is 15.9. The van der Waals surface area contributed by atoms with E-state index in [0.29, 0.717) is 22.1 Å². The van der Waals surface area contributed by atoms with Gasteiger partial charge in [0.25, 0.3) is 0 Å². The van der Waals surface area contributed by atoms with E-state index in [-0.39, 0.29) is 4.90 Å². The fraction of sp³-hybridized carbons (Fsp3) is 0.111. The molecule has 0 fully saturated rings. The van der Waals surface area contributed by atoms with Crippen LogP contribution in [-0.4, -0.2) is 24.1 Å². The average molecular weight is 405 g/mol. The van der Waals surface area contributed by atoms with Crippen molar-refractivity contribution in [2.75, 3.05) is 0 Å². The van der Waals surface area contributed by atoms with Crippen molar-refractivity contribution in [2.45, 2.75) is 17.7 Å². The van der Waals surface area contributed by atoms with Crippen LogP contribution in [0, 0.1) is 0 Å². The van der Waals surface area contributed by atoms with Gasteiger partial charge in [-0.25, -0.2) is 18.2 Å². The fourth-order valence-electron chi connectivity index (χ4n) is 2.56. The number of carbonyl (C=O) groups excluding carboxylic acids is 1. The summed E-state index contributed by atoms with van der Waals surface area (Å²) in [6.07, 6.45) is 0. The van der Waals surface area contributed by atoms with Gasteiger partial charge in [-0.1, -0.05) is 23.7 Å². The molecule has 3 aromatic rings. The first kappa shape index (κ1) is 19.1. The first-order valence-electron chi connectivity index (χ1n) is 7.95. The maximum absolute atomic E-state index is 11.6. The van der Waals surface area contributed by atoms with Gasteiger partial charge in [-0.15, -0.1) is 0 Å². The predicted octanol–water partition coefficient (Wildman–Crippen LogP) is 2.43. The van der Waals surface area contributed by atoms with Crippen LogP contribution < -0.4 is 10.9 Å². The molecule has 0 aliphatic rings. The van der Waals surface area contributed by atoms with Crippen LogP contribution in [0.15, 0.2) is 59.5 Å². The van der Waals surface area contributed by atoms with Crippen LogP contribution in [0.5, 0.6) is 0 Å². The standard InChI is InChI=1S/C18H17ClN4O3S/c1-11(18(20)24)16-10-17(12-2-4-13(19)5-3-12)23(22-16)14-6-8-15(9-7-14)27(21,25)26/h2-11H,1H3,(H2,20,24)(H2,21,25,26). The molecule has 1 heterocycles. The van der Waals surface area contributed by atoms with Crippen molar-refractivity contribution in [1.82, 2.24) is 9.78 Å². The number of amides is 1. The number of halogens is 1. The number of hydrogen-bond acceptors (Lipinski definition) is 4. The lowest BCUT2D eigenvalue weighted by molar-refractivity contribution is -0.119. The lowest BCUT2D eigenvalue weighted by atomic mass is 10.1. The van der Waals surface area contributed by atoms with E-state index >= 15 is 0 Å². The Morgan fingerprint density at radius 1 is 1.11 bits per heavy atom. The highest BCUT2D eigenvalue weighted by Crippen LogP contribution is 2.28. The SMILES string of the molecule is CC(C(N)=O)c1cc(-c2ccc(Cl)cc2)n(-c2ccc(S(N)(=O)=O)cc2)n1. The van der Waals surface area contributed by atoms with Crippen LogP contribution in [0.2, 0.25) is 5.02 Å². The highest BCUT2D eigenvalue weighted by molar-refractivity contribution is 7.89. The quantitative estimate of drug-likeness (QED) is 0.678. The number of nitrogens with zero attached hydrogens (tertiary/aromatic N) is 2. The number of aromatic nitrogens is 2. The van der Waals surface area contributed by atoms with E-state index in [1.54, 1.807) is 41.9 Å². The first-order chi connectivity index (χ1) is 12.7. The van der Waals surface area contributed by atoms with E-state index in [0.717, 1.165) is 5.56 Å². The molecule has 1 aromatic heterocycles. The van der Waals surface area contributed by atoms with Gasteiger partial charge in [-0.05, 0) is 49.4 Å². The Morgan fingerprint density at radius 2 is 1.70 bits per heavy atom. The second kappa shape index (κ2) is 7.15. The Balaban J connectivity index is 2.15. The van der Waals surface area contributed by atoms with Crippen LogP contribution in [0.4, 0.5) is 0 Å². The van der Waals surface area contributed by atoms with Gasteiger partial charge in [0.1, 0.15) is 0 Å². The van der Waals surface area contributed by atoms with Gasteiger partial charge in [0.05, 0.1) is 27.9 Å². The second-order valence-electron chi connectivity index (χ2n) is 6.04. The molecular weight excluding hydrogens is 388 g/mol. The summed E-state index contributed by atoms with van der Waals surface area (Å²) in [6.45, 7) is 1.67. The molecule has 0 saturated heterocycles. The van der Waals surface area contributed by atoms with Gasteiger partial charge in [-0.2, -0.15) is 5.10 Å². The summed E-state index contributed by atoms with van der Waals surface area (Å²) in [5.74, 6) is -1.08. The molecule has 7 nitrogen and oxygen atoms in total. The van der Waals surface area contributed by atoms with Gasteiger partial charge in [0.15, 0.2) is 0 Å². The summed E-state index contributed by atoms with van der Waals surface area (Å²) in [5.41, 5.74) is 8.05. The molecule has 1 unspecified atom stereocenters. The minimum absolute atomic E-state index is 0.00261. The maximum atomic E-state index is 11.6. The van der Waals surface area contributed by atoms with Crippen molar-refractivity contribution in [2.24, 2.45) is 10.9 Å². The molecular formula is C18H17ClN4O3S. The Labute approximate surface area is 161 Å². The van der Waals surface area contributed by atoms with E-state index in [1.807, 2.05) is 12.1 Å². The predicted molar refractivity (Wildman–Crippen MR) is 103 cm³/mol. The molecule has 27 heavy (non-hydrogen) atoms. The smallest absolute Gasteiger partial charge is 0.238 e. The number of rotatable bonds is 5. The molecule has 0 radical (unpaired) electrons. The lowest BCUT2D eigenvalue weighted by Crippen LogP contribution is -2.19. The third-order valence-corrected chi connectivity index (χ3v) is 5.33. The van der Waals surface area contributed by atoms with Crippen molar-refractivity contribution < 1.29 is 13.2 Å². The molecule has 2 aromatic carbocycles. The highest BCUT2D eigenvalue weighted by Gasteiger charge is 2.20. The highest BCUT2D eigenvalue weighted by atomic mass is 35.5. The molecule has 0 bridgehead atoms. The van der Waals surface area contributed by atoms with Crippen LogP contribution in [0.1, 0.15) is 18.5 Å². The number of primary sulfonamides is 1. The van der Waals surface area contributed by atoms with Gasteiger partial charge in [0.2, 0.25) is 15.9 Å². The van der Waals surface area contributed by atoms with E-state index in [2.05, 4.69) is 5.10 Å². The third kappa shape index (κ3) is 4.02. The largest absolute Gasteiger partial charge is 0.369 e. The van der Waals surface area contributed by atoms with E-state index in [4.69, 9.17) is 22.5 Å². The fourth-order valence-corrected chi connectivity index (χ4v) is 3.20. The molecule has 0 saturated carbocycles. The van der Waals surface area contributed by atoms with Crippen LogP contribution >= 0.6 is 11.6 Å². The normalized spacial score (nSPS) is 12.7. The second-order valence-corrected chi connectivity index (χ2v) is 8.03. The summed E-state index contributed by atoms with van der Waals surface area (Å²) in [5, 5.41) is 10.2. The van der Waals surface area contributed by atoms with Crippen molar-refractivity contribution in [3.8, 4) is 16.9 Å². The number of nitrogens with two attached hydrogens (primary N) is 2. The maximum Gasteiger partial charge on any atom is 0.238 e. The molecule has 1 atom stereocenters. The van der Waals surface area contributed by atoms with E-state index in [9.17, 15) is 13.2 Å². The molecule has 0 aliphatic carbocycles. The molecule has 4 N–H and O–H groups in total. The van der Waals surface area contributed by atoms with Crippen LogP contribution in [0.3, 0.4) is 0 Å². The van der Waals surface area contributed by atoms with Crippen molar-refractivity contribution in [3.63, 3.8) is 0 Å². The van der Waals surface area contributed by atoms with Crippen LogP contribution in [0.25, 0.3) is 16.9 Å². The number of primary amides is 1. The molecule has 3 rings (SSSR count).